The summed E-state index contributed by atoms with van der Waals surface area (Å²) in [5.74, 6) is 0.638. The molecule has 29 heavy (non-hydrogen) atoms. The molecule has 7 heteroatoms. The molecule has 1 aromatic carbocycles. The monoisotopic (exact) mass is 436 g/mol. The van der Waals surface area contributed by atoms with Gasteiger partial charge in [0.2, 0.25) is 0 Å². The van der Waals surface area contributed by atoms with Gasteiger partial charge < -0.3 is 15.1 Å². The van der Waals surface area contributed by atoms with E-state index in [2.05, 4.69) is 40.3 Å². The molecule has 5 nitrogen and oxygen atoms in total. The molecule has 0 aliphatic carbocycles. The molecule has 1 unspecified atom stereocenters. The summed E-state index contributed by atoms with van der Waals surface area (Å²) in [6, 6.07) is 10.3. The predicted octanol–water partition coefficient (Wildman–Crippen LogP) is 3.66. The Hall–Kier alpha value is -1.82. The van der Waals surface area contributed by atoms with Crippen molar-refractivity contribution < 1.29 is 4.79 Å². The molecule has 3 heterocycles. The van der Waals surface area contributed by atoms with Gasteiger partial charge in [0.1, 0.15) is 0 Å². The standard InChI is InChI=1S/C22H28N4O.2ClH/c1-17-15-23-10-8-21(17)25-11-4-12-26(14-13-25)22(27)20-6-3-2-5-19(20)18-7-9-24-16-18;;/h2-3,5-6,8,10,15,18,24H,4,7,9,11-14,16H2,1H3;2*1H. The summed E-state index contributed by atoms with van der Waals surface area (Å²) in [5, 5.41) is 3.42. The van der Waals surface area contributed by atoms with Gasteiger partial charge in [-0.3, -0.25) is 9.78 Å². The number of amides is 1. The number of carbonyl (C=O) groups excluding carboxylic acids is 1. The molecule has 0 bridgehead atoms. The highest BCUT2D eigenvalue weighted by Crippen LogP contribution is 2.27. The van der Waals surface area contributed by atoms with Gasteiger partial charge in [-0.2, -0.15) is 0 Å². The first-order valence-corrected chi connectivity index (χ1v) is 9.98. The summed E-state index contributed by atoms with van der Waals surface area (Å²) in [5.41, 5.74) is 4.52. The average Bonchev–Trinajstić information content (AvgIpc) is 3.13. The molecule has 158 valence electrons. The zero-order valence-electron chi connectivity index (χ0n) is 16.8. The van der Waals surface area contributed by atoms with Crippen LogP contribution in [0, 0.1) is 6.92 Å². The van der Waals surface area contributed by atoms with E-state index in [0.717, 1.165) is 57.7 Å². The van der Waals surface area contributed by atoms with Crippen molar-refractivity contribution in [2.45, 2.75) is 25.7 Å². The van der Waals surface area contributed by atoms with Gasteiger partial charge in [0.25, 0.3) is 5.91 Å². The Morgan fingerprint density at radius 1 is 1.10 bits per heavy atom. The van der Waals surface area contributed by atoms with Crippen molar-refractivity contribution in [1.82, 2.24) is 15.2 Å². The molecule has 2 aliphatic rings. The van der Waals surface area contributed by atoms with E-state index in [0.29, 0.717) is 5.92 Å². The first-order chi connectivity index (χ1) is 13.2. The highest BCUT2D eigenvalue weighted by molar-refractivity contribution is 5.96. The molecule has 1 N–H and O–H groups in total. The lowest BCUT2D eigenvalue weighted by atomic mass is 9.93. The van der Waals surface area contributed by atoms with E-state index in [9.17, 15) is 4.79 Å². The topological polar surface area (TPSA) is 48.5 Å². The van der Waals surface area contributed by atoms with Crippen LogP contribution in [-0.4, -0.2) is 55.1 Å². The molecule has 4 rings (SSSR count). The number of nitrogens with one attached hydrogen (secondary N) is 1. The number of pyridine rings is 1. The van der Waals surface area contributed by atoms with Crippen molar-refractivity contribution in [3.63, 3.8) is 0 Å². The number of nitrogens with zero attached hydrogens (tertiary/aromatic N) is 3. The minimum absolute atomic E-state index is 0. The van der Waals surface area contributed by atoms with Crippen molar-refractivity contribution in [2.24, 2.45) is 0 Å². The molecule has 1 aromatic heterocycles. The maximum atomic E-state index is 13.3. The van der Waals surface area contributed by atoms with E-state index >= 15 is 0 Å². The minimum atomic E-state index is 0. The van der Waals surface area contributed by atoms with Gasteiger partial charge in [-0.05, 0) is 55.5 Å². The van der Waals surface area contributed by atoms with Crippen molar-refractivity contribution in [2.75, 3.05) is 44.2 Å². The molecular weight excluding hydrogens is 407 g/mol. The fourth-order valence-electron chi connectivity index (χ4n) is 4.32. The number of anilines is 1. The Kier molecular flexibility index (Phi) is 8.75. The number of rotatable bonds is 3. The molecule has 1 amide bonds. The number of hydrogen-bond acceptors (Lipinski definition) is 4. The van der Waals surface area contributed by atoms with Crippen molar-refractivity contribution in [3.8, 4) is 0 Å². The third kappa shape index (κ3) is 5.21. The average molecular weight is 437 g/mol. The largest absolute Gasteiger partial charge is 0.369 e. The lowest BCUT2D eigenvalue weighted by molar-refractivity contribution is 0.0765. The Labute approximate surface area is 185 Å². The Balaban J connectivity index is 0.00000150. The van der Waals surface area contributed by atoms with E-state index in [1.807, 2.05) is 29.4 Å². The first-order valence-electron chi connectivity index (χ1n) is 9.98. The number of aryl methyl sites for hydroxylation is 1. The van der Waals surface area contributed by atoms with E-state index in [1.54, 1.807) is 0 Å². The minimum Gasteiger partial charge on any atom is -0.369 e. The van der Waals surface area contributed by atoms with Gasteiger partial charge in [0.15, 0.2) is 0 Å². The highest BCUT2D eigenvalue weighted by atomic mass is 35.5. The molecule has 0 radical (unpaired) electrons. The van der Waals surface area contributed by atoms with Crippen LogP contribution in [0.2, 0.25) is 0 Å². The van der Waals surface area contributed by atoms with Crippen molar-refractivity contribution in [1.29, 1.82) is 0 Å². The summed E-state index contributed by atoms with van der Waals surface area (Å²) in [4.78, 5) is 21.9. The number of aromatic nitrogens is 1. The second-order valence-electron chi connectivity index (χ2n) is 7.57. The molecular formula is C22H30Cl2N4O. The normalized spacial score (nSPS) is 19.1. The lowest BCUT2D eigenvalue weighted by Crippen LogP contribution is -2.36. The Morgan fingerprint density at radius 2 is 1.93 bits per heavy atom. The van der Waals surface area contributed by atoms with E-state index in [-0.39, 0.29) is 30.7 Å². The summed E-state index contributed by atoms with van der Waals surface area (Å²) in [7, 11) is 0. The molecule has 2 saturated heterocycles. The van der Waals surface area contributed by atoms with Crippen LogP contribution in [0.4, 0.5) is 5.69 Å². The number of halogens is 2. The van der Waals surface area contributed by atoms with Crippen LogP contribution >= 0.6 is 24.8 Å². The zero-order chi connectivity index (χ0) is 18.6. The molecule has 2 fully saturated rings. The molecule has 0 spiro atoms. The van der Waals surface area contributed by atoms with Crippen LogP contribution in [0.5, 0.6) is 0 Å². The summed E-state index contributed by atoms with van der Waals surface area (Å²) in [6.45, 7) is 7.53. The van der Waals surface area contributed by atoms with Crippen LogP contribution in [0.1, 0.15) is 40.2 Å². The van der Waals surface area contributed by atoms with Crippen LogP contribution < -0.4 is 10.2 Å². The van der Waals surface area contributed by atoms with Gasteiger partial charge >= 0.3 is 0 Å². The predicted molar refractivity (Wildman–Crippen MR) is 123 cm³/mol. The van der Waals surface area contributed by atoms with Gasteiger partial charge in [0, 0.05) is 56.4 Å². The van der Waals surface area contributed by atoms with E-state index in [1.165, 1.54) is 16.8 Å². The second kappa shape index (κ2) is 10.8. The molecule has 0 saturated carbocycles. The van der Waals surface area contributed by atoms with Gasteiger partial charge in [0.05, 0.1) is 0 Å². The van der Waals surface area contributed by atoms with Gasteiger partial charge in [-0.1, -0.05) is 18.2 Å². The quantitative estimate of drug-likeness (QED) is 0.797. The van der Waals surface area contributed by atoms with E-state index in [4.69, 9.17) is 0 Å². The third-order valence-electron chi connectivity index (χ3n) is 5.81. The molecule has 2 aromatic rings. The lowest BCUT2D eigenvalue weighted by Gasteiger charge is -2.25. The Bertz CT molecular complexity index is 811. The number of hydrogen-bond donors (Lipinski definition) is 1. The maximum absolute atomic E-state index is 13.3. The third-order valence-corrected chi connectivity index (χ3v) is 5.81. The zero-order valence-corrected chi connectivity index (χ0v) is 18.5. The maximum Gasteiger partial charge on any atom is 0.254 e. The van der Waals surface area contributed by atoms with Crippen LogP contribution in [0.15, 0.2) is 42.7 Å². The first kappa shape index (κ1) is 23.5. The highest BCUT2D eigenvalue weighted by Gasteiger charge is 2.26. The van der Waals surface area contributed by atoms with Crippen LogP contribution in [0.3, 0.4) is 0 Å². The summed E-state index contributed by atoms with van der Waals surface area (Å²) >= 11 is 0. The van der Waals surface area contributed by atoms with Crippen LogP contribution in [0.25, 0.3) is 0 Å². The second-order valence-corrected chi connectivity index (χ2v) is 7.57. The smallest absolute Gasteiger partial charge is 0.254 e. The van der Waals surface area contributed by atoms with Gasteiger partial charge in [-0.25, -0.2) is 0 Å². The Morgan fingerprint density at radius 3 is 2.69 bits per heavy atom. The van der Waals surface area contributed by atoms with Crippen molar-refractivity contribution in [3.05, 3.63) is 59.4 Å². The molecule has 2 aliphatic heterocycles. The summed E-state index contributed by atoms with van der Waals surface area (Å²) < 4.78 is 0. The van der Waals surface area contributed by atoms with Crippen molar-refractivity contribution >= 4 is 36.4 Å². The van der Waals surface area contributed by atoms with E-state index < -0.39 is 0 Å². The SMILES string of the molecule is Cc1cnccc1N1CCCN(C(=O)c2ccccc2C2CCNC2)CC1.Cl.Cl. The number of benzene rings is 1. The fourth-order valence-corrected chi connectivity index (χ4v) is 4.32. The van der Waals surface area contributed by atoms with Gasteiger partial charge in [-0.15, -0.1) is 24.8 Å². The fraction of sp³-hybridized carbons (Fsp3) is 0.455. The number of carbonyl (C=O) groups is 1. The van der Waals surface area contributed by atoms with Crippen LogP contribution in [-0.2, 0) is 0 Å². The molecule has 1 atom stereocenters. The summed E-state index contributed by atoms with van der Waals surface area (Å²) in [6.07, 6.45) is 5.86.